The summed E-state index contributed by atoms with van der Waals surface area (Å²) in [4.78, 5) is 0. The van der Waals surface area contributed by atoms with Gasteiger partial charge in [-0.3, -0.25) is 0 Å². The summed E-state index contributed by atoms with van der Waals surface area (Å²) in [6.45, 7) is 0. The van der Waals surface area contributed by atoms with Gasteiger partial charge in [-0.15, -0.1) is 12.8 Å². The van der Waals surface area contributed by atoms with Crippen molar-refractivity contribution in [3.8, 4) is 36.2 Å². The van der Waals surface area contributed by atoms with Crippen molar-refractivity contribution in [3.05, 3.63) is 59.7 Å². The smallest absolute Gasteiger partial charge is 0.115 e. The molecule has 0 aliphatic heterocycles. The zero-order valence-electron chi connectivity index (χ0n) is 10.2. The van der Waals surface area contributed by atoms with E-state index in [1.54, 1.807) is 48.5 Å². The molecule has 0 atom stereocenters. The van der Waals surface area contributed by atoms with E-state index in [4.69, 9.17) is 23.1 Å². The van der Waals surface area contributed by atoms with Crippen LogP contribution in [0.3, 0.4) is 0 Å². The van der Waals surface area contributed by atoms with Gasteiger partial charge in [0, 0.05) is 37.3 Å². The van der Waals surface area contributed by atoms with Gasteiger partial charge in [0.25, 0.3) is 0 Å². The fraction of sp³-hybridized carbons (Fsp3) is 0. The summed E-state index contributed by atoms with van der Waals surface area (Å²) in [5, 5.41) is 17.6. The van der Waals surface area contributed by atoms with E-state index in [1.807, 2.05) is 0 Å². The van der Waals surface area contributed by atoms with Gasteiger partial charge in [-0.05, 0) is 48.5 Å². The first-order chi connectivity index (χ1) is 8.65. The molecular formula is C16H12O2Zr. The van der Waals surface area contributed by atoms with Crippen LogP contribution < -0.4 is 0 Å². The van der Waals surface area contributed by atoms with E-state index in [0.29, 0.717) is 0 Å². The average Bonchev–Trinajstić information content (AvgIpc) is 2.41. The van der Waals surface area contributed by atoms with E-state index in [-0.39, 0.29) is 37.7 Å². The molecule has 0 spiro atoms. The Morgan fingerprint density at radius 2 is 0.895 bits per heavy atom. The third-order valence-electron chi connectivity index (χ3n) is 2.07. The van der Waals surface area contributed by atoms with Gasteiger partial charge in [0.1, 0.15) is 11.5 Å². The van der Waals surface area contributed by atoms with Crippen molar-refractivity contribution < 1.29 is 36.4 Å². The first kappa shape index (κ1) is 17.0. The van der Waals surface area contributed by atoms with Gasteiger partial charge in [-0.25, -0.2) is 0 Å². The molecule has 0 radical (unpaired) electrons. The zero-order valence-corrected chi connectivity index (χ0v) is 12.6. The van der Waals surface area contributed by atoms with Crippen LogP contribution in [-0.4, -0.2) is 10.2 Å². The Kier molecular flexibility index (Phi) is 8.11. The quantitative estimate of drug-likeness (QED) is 0.731. The Labute approximate surface area is 132 Å². The summed E-state index contributed by atoms with van der Waals surface area (Å²) >= 11 is 0. The molecule has 0 heterocycles. The maximum absolute atomic E-state index is 8.78. The molecule has 0 aliphatic rings. The molecule has 19 heavy (non-hydrogen) atoms. The molecule has 3 heteroatoms. The molecule has 2 aromatic carbocycles. The molecule has 92 valence electrons. The van der Waals surface area contributed by atoms with Crippen molar-refractivity contribution in [1.82, 2.24) is 0 Å². The topological polar surface area (TPSA) is 40.5 Å². The van der Waals surface area contributed by atoms with Crippen LogP contribution in [-0.2, 0) is 26.2 Å². The predicted molar refractivity (Wildman–Crippen MR) is 72.1 cm³/mol. The second-order valence-corrected chi connectivity index (χ2v) is 3.38. The molecule has 2 N–H and O–H groups in total. The molecule has 0 bridgehead atoms. The second kappa shape index (κ2) is 9.04. The maximum atomic E-state index is 8.78. The van der Waals surface area contributed by atoms with E-state index < -0.39 is 0 Å². The summed E-state index contributed by atoms with van der Waals surface area (Å²) < 4.78 is 0. The molecule has 0 saturated carbocycles. The standard InChI is InChI=1S/2C8H6O.Zr/c2*1-2-7-3-5-8(9)6-4-7;/h2*1,3-6,9H;. The molecule has 2 nitrogen and oxygen atoms in total. The van der Waals surface area contributed by atoms with Crippen LogP contribution in [0, 0.1) is 24.7 Å². The van der Waals surface area contributed by atoms with E-state index in [9.17, 15) is 0 Å². The Balaban J connectivity index is 0.000000324. The third-order valence-corrected chi connectivity index (χ3v) is 2.07. The molecule has 0 aliphatic carbocycles. The van der Waals surface area contributed by atoms with E-state index >= 15 is 0 Å². The van der Waals surface area contributed by atoms with Crippen molar-refractivity contribution >= 4 is 0 Å². The van der Waals surface area contributed by atoms with Crippen molar-refractivity contribution in [2.24, 2.45) is 0 Å². The number of phenolic OH excluding ortho intramolecular Hbond substituents is 2. The van der Waals surface area contributed by atoms with Crippen molar-refractivity contribution in [2.45, 2.75) is 0 Å². The van der Waals surface area contributed by atoms with Crippen molar-refractivity contribution in [1.29, 1.82) is 0 Å². The van der Waals surface area contributed by atoms with Crippen LogP contribution in [0.4, 0.5) is 0 Å². The van der Waals surface area contributed by atoms with Gasteiger partial charge < -0.3 is 10.2 Å². The van der Waals surface area contributed by atoms with Gasteiger partial charge in [0.05, 0.1) is 0 Å². The summed E-state index contributed by atoms with van der Waals surface area (Å²) in [5.74, 6) is 5.38. The molecule has 0 unspecified atom stereocenters. The molecule has 2 rings (SSSR count). The van der Waals surface area contributed by atoms with Gasteiger partial charge >= 0.3 is 0 Å². The molecule has 0 amide bonds. The minimum Gasteiger partial charge on any atom is -0.508 e. The van der Waals surface area contributed by atoms with E-state index in [1.165, 1.54) is 0 Å². The van der Waals surface area contributed by atoms with Gasteiger partial charge in [-0.1, -0.05) is 11.8 Å². The Bertz CT molecular complexity index is 517. The third kappa shape index (κ3) is 6.51. The number of rotatable bonds is 0. The Hall–Kier alpha value is -1.96. The summed E-state index contributed by atoms with van der Waals surface area (Å²) in [5.41, 5.74) is 1.57. The molecule has 0 fully saturated rings. The van der Waals surface area contributed by atoms with E-state index in [0.717, 1.165) is 11.1 Å². The fourth-order valence-corrected chi connectivity index (χ4v) is 1.12. The number of terminal acetylenes is 2. The zero-order chi connectivity index (χ0) is 13.4. The minimum atomic E-state index is 0. The van der Waals surface area contributed by atoms with Crippen LogP contribution in [0.25, 0.3) is 0 Å². The van der Waals surface area contributed by atoms with Crippen molar-refractivity contribution in [2.75, 3.05) is 0 Å². The molecule has 0 saturated heterocycles. The largest absolute Gasteiger partial charge is 0.508 e. The minimum absolute atomic E-state index is 0. The van der Waals surface area contributed by atoms with Gasteiger partial charge in [-0.2, -0.15) is 0 Å². The summed E-state index contributed by atoms with van der Waals surface area (Å²) in [7, 11) is 0. The van der Waals surface area contributed by atoms with Crippen LogP contribution in [0.15, 0.2) is 48.5 Å². The number of phenols is 2. The van der Waals surface area contributed by atoms with Crippen LogP contribution in [0.5, 0.6) is 11.5 Å². The molecular weight excluding hydrogens is 315 g/mol. The van der Waals surface area contributed by atoms with Crippen LogP contribution in [0.2, 0.25) is 0 Å². The van der Waals surface area contributed by atoms with Gasteiger partial charge in [0.2, 0.25) is 0 Å². The Morgan fingerprint density at radius 3 is 1.11 bits per heavy atom. The average molecular weight is 327 g/mol. The number of benzene rings is 2. The van der Waals surface area contributed by atoms with Crippen LogP contribution >= 0.6 is 0 Å². The maximum Gasteiger partial charge on any atom is 0.115 e. The number of hydrogen-bond acceptors (Lipinski definition) is 2. The Morgan fingerprint density at radius 1 is 0.632 bits per heavy atom. The van der Waals surface area contributed by atoms with Crippen LogP contribution in [0.1, 0.15) is 11.1 Å². The first-order valence-electron chi connectivity index (χ1n) is 5.17. The SMILES string of the molecule is C#Cc1ccc(O)cc1.C#Cc1ccc(O)cc1.[Zr]. The predicted octanol–water partition coefficient (Wildman–Crippen LogP) is 2.74. The summed E-state index contributed by atoms with van der Waals surface area (Å²) in [6.07, 6.45) is 10.1. The van der Waals surface area contributed by atoms with E-state index in [2.05, 4.69) is 11.8 Å². The number of hydrogen-bond donors (Lipinski definition) is 2. The van der Waals surface area contributed by atoms with Gasteiger partial charge in [0.15, 0.2) is 0 Å². The second-order valence-electron chi connectivity index (χ2n) is 3.38. The first-order valence-corrected chi connectivity index (χ1v) is 5.17. The molecule has 0 aromatic heterocycles. The summed E-state index contributed by atoms with van der Waals surface area (Å²) in [6, 6.07) is 13.0. The molecule has 2 aromatic rings. The number of aromatic hydroxyl groups is 2. The monoisotopic (exact) mass is 326 g/mol. The fourth-order valence-electron chi connectivity index (χ4n) is 1.12. The normalized spacial score (nSPS) is 7.89. The van der Waals surface area contributed by atoms with Crippen molar-refractivity contribution in [3.63, 3.8) is 0 Å².